The first-order chi connectivity index (χ1) is 15.7. The van der Waals surface area contributed by atoms with Gasteiger partial charge in [-0.15, -0.1) is 0 Å². The van der Waals surface area contributed by atoms with Gasteiger partial charge in [-0.25, -0.2) is 4.99 Å². The van der Waals surface area contributed by atoms with Crippen molar-refractivity contribution in [2.24, 2.45) is 4.99 Å². The summed E-state index contributed by atoms with van der Waals surface area (Å²) < 4.78 is 0. The van der Waals surface area contributed by atoms with Crippen LogP contribution < -0.4 is 0 Å². The number of thioether (sulfide) groups is 1. The molecule has 3 nitrogen and oxygen atoms in total. The van der Waals surface area contributed by atoms with Crippen LogP contribution in [0.1, 0.15) is 50.2 Å². The number of hydrogen-bond donors (Lipinski definition) is 0. The van der Waals surface area contributed by atoms with Crippen LogP contribution in [-0.4, -0.2) is 22.0 Å². The number of aryl methyl sites for hydroxylation is 1. The minimum Gasteiger partial charge on any atom is -0.283 e. The molecule has 1 saturated carbocycles. The van der Waals surface area contributed by atoms with Gasteiger partial charge in [0, 0.05) is 6.04 Å². The van der Waals surface area contributed by atoms with Gasteiger partial charge in [-0.1, -0.05) is 86.8 Å². The van der Waals surface area contributed by atoms with Crippen molar-refractivity contribution in [3.63, 3.8) is 0 Å². The SMILES string of the molecule is CCc1ccccc1N=C1S/C(=C/c2cccc3ccccc23)C(=O)N1C1CCCCC1. The summed E-state index contributed by atoms with van der Waals surface area (Å²) in [6, 6.07) is 23.1. The number of para-hydroxylation sites is 1. The molecule has 1 saturated heterocycles. The summed E-state index contributed by atoms with van der Waals surface area (Å²) in [4.78, 5) is 21.4. The van der Waals surface area contributed by atoms with Crippen molar-refractivity contribution in [3.05, 3.63) is 82.8 Å². The molecule has 0 spiro atoms. The van der Waals surface area contributed by atoms with Gasteiger partial charge in [0.15, 0.2) is 5.17 Å². The van der Waals surface area contributed by atoms with Crippen LogP contribution in [0.3, 0.4) is 0 Å². The van der Waals surface area contributed by atoms with E-state index in [2.05, 4.69) is 73.7 Å². The summed E-state index contributed by atoms with van der Waals surface area (Å²) in [5, 5.41) is 3.18. The Morgan fingerprint density at radius 1 is 0.969 bits per heavy atom. The molecule has 0 aromatic heterocycles. The third kappa shape index (κ3) is 4.12. The molecule has 1 aliphatic heterocycles. The number of amidine groups is 1. The molecule has 4 heteroatoms. The van der Waals surface area contributed by atoms with Crippen molar-refractivity contribution in [2.75, 3.05) is 0 Å². The molecular formula is C28H28N2OS. The molecule has 162 valence electrons. The van der Waals surface area contributed by atoms with Crippen molar-refractivity contribution < 1.29 is 4.79 Å². The number of rotatable bonds is 4. The van der Waals surface area contributed by atoms with E-state index in [0.29, 0.717) is 0 Å². The summed E-state index contributed by atoms with van der Waals surface area (Å²) >= 11 is 1.53. The molecule has 5 rings (SSSR count). The molecule has 0 unspecified atom stereocenters. The Labute approximate surface area is 194 Å². The molecule has 1 aliphatic carbocycles. The summed E-state index contributed by atoms with van der Waals surface area (Å²) in [6.07, 6.45) is 8.72. The fraction of sp³-hybridized carbons (Fsp3) is 0.286. The minimum atomic E-state index is 0.0996. The molecule has 2 aliphatic rings. The Kier molecular flexibility index (Phi) is 6.13. The third-order valence-electron chi connectivity index (χ3n) is 6.48. The highest BCUT2D eigenvalue weighted by atomic mass is 32.2. The fourth-order valence-corrected chi connectivity index (χ4v) is 5.81. The van der Waals surface area contributed by atoms with Crippen LogP contribution in [0, 0.1) is 0 Å². The summed E-state index contributed by atoms with van der Waals surface area (Å²) in [5.41, 5.74) is 3.26. The fourth-order valence-electron chi connectivity index (χ4n) is 4.77. The summed E-state index contributed by atoms with van der Waals surface area (Å²) in [5.74, 6) is 0.0996. The standard InChI is InChI=1S/C28H28N2OS/c1-2-20-11-7-9-18-25(20)29-28-30(23-15-4-3-5-16-23)27(31)26(32-28)19-22-14-10-13-21-12-6-8-17-24(21)22/h6-14,17-19,23H,2-5,15-16H2,1H3/b26-19+,29-28?. The zero-order valence-electron chi connectivity index (χ0n) is 18.5. The largest absolute Gasteiger partial charge is 0.283 e. The molecule has 0 N–H and O–H groups in total. The molecular weight excluding hydrogens is 412 g/mol. The minimum absolute atomic E-state index is 0.0996. The average Bonchev–Trinajstić information content (AvgIpc) is 3.14. The van der Waals surface area contributed by atoms with Crippen LogP contribution in [0.5, 0.6) is 0 Å². The summed E-state index contributed by atoms with van der Waals surface area (Å²) in [7, 11) is 0. The number of aliphatic imine (C=N–C) groups is 1. The van der Waals surface area contributed by atoms with E-state index >= 15 is 0 Å². The monoisotopic (exact) mass is 440 g/mol. The van der Waals surface area contributed by atoms with Gasteiger partial charge >= 0.3 is 0 Å². The molecule has 0 bridgehead atoms. The number of nitrogens with zero attached hydrogens (tertiary/aromatic N) is 2. The number of fused-ring (bicyclic) bond motifs is 1. The van der Waals surface area contributed by atoms with E-state index in [1.165, 1.54) is 47.4 Å². The number of hydrogen-bond acceptors (Lipinski definition) is 3. The first kappa shape index (κ1) is 21.0. The Balaban J connectivity index is 1.57. The van der Waals surface area contributed by atoms with Crippen LogP contribution in [0.4, 0.5) is 5.69 Å². The highest BCUT2D eigenvalue weighted by Gasteiger charge is 2.38. The predicted octanol–water partition coefficient (Wildman–Crippen LogP) is 7.34. The zero-order chi connectivity index (χ0) is 21.9. The first-order valence-corrected chi connectivity index (χ1v) is 12.4. The quantitative estimate of drug-likeness (QED) is 0.398. The lowest BCUT2D eigenvalue weighted by Gasteiger charge is -2.30. The first-order valence-electron chi connectivity index (χ1n) is 11.6. The topological polar surface area (TPSA) is 32.7 Å². The van der Waals surface area contributed by atoms with Gasteiger partial charge in [0.25, 0.3) is 5.91 Å². The van der Waals surface area contributed by atoms with Crippen molar-refractivity contribution in [3.8, 4) is 0 Å². The number of carbonyl (C=O) groups is 1. The van der Waals surface area contributed by atoms with Crippen molar-refractivity contribution >= 4 is 45.4 Å². The predicted molar refractivity (Wildman–Crippen MR) is 136 cm³/mol. The molecule has 2 fully saturated rings. The Bertz CT molecular complexity index is 1200. The summed E-state index contributed by atoms with van der Waals surface area (Å²) in [6.45, 7) is 2.15. The second-order valence-electron chi connectivity index (χ2n) is 8.52. The van der Waals surface area contributed by atoms with Crippen LogP contribution in [0.15, 0.2) is 76.6 Å². The van der Waals surface area contributed by atoms with E-state index in [0.717, 1.165) is 40.6 Å². The highest BCUT2D eigenvalue weighted by Crippen LogP contribution is 2.39. The zero-order valence-corrected chi connectivity index (χ0v) is 19.3. The van der Waals surface area contributed by atoms with Crippen LogP contribution in [-0.2, 0) is 11.2 Å². The van der Waals surface area contributed by atoms with E-state index in [4.69, 9.17) is 4.99 Å². The van der Waals surface area contributed by atoms with Gasteiger partial charge in [0.2, 0.25) is 0 Å². The molecule has 0 radical (unpaired) electrons. The van der Waals surface area contributed by atoms with E-state index in [9.17, 15) is 4.79 Å². The maximum atomic E-state index is 13.7. The van der Waals surface area contributed by atoms with Gasteiger partial charge in [0.1, 0.15) is 0 Å². The van der Waals surface area contributed by atoms with Crippen molar-refractivity contribution in [2.45, 2.75) is 51.5 Å². The number of carbonyl (C=O) groups excluding carboxylic acids is 1. The molecule has 1 amide bonds. The van der Waals surface area contributed by atoms with Gasteiger partial charge < -0.3 is 0 Å². The van der Waals surface area contributed by atoms with E-state index < -0.39 is 0 Å². The molecule has 32 heavy (non-hydrogen) atoms. The van der Waals surface area contributed by atoms with E-state index in [1.54, 1.807) is 0 Å². The Hall–Kier alpha value is -2.85. The maximum absolute atomic E-state index is 13.7. The molecule has 3 aromatic rings. The normalized spacial score (nSPS) is 20.0. The molecule has 0 atom stereocenters. The lowest BCUT2D eigenvalue weighted by Crippen LogP contribution is -2.40. The lowest BCUT2D eigenvalue weighted by atomic mass is 9.94. The molecule has 3 aromatic carbocycles. The Morgan fingerprint density at radius 3 is 2.56 bits per heavy atom. The molecule has 1 heterocycles. The lowest BCUT2D eigenvalue weighted by molar-refractivity contribution is -0.124. The van der Waals surface area contributed by atoms with Gasteiger partial charge in [-0.2, -0.15) is 0 Å². The number of benzene rings is 3. The van der Waals surface area contributed by atoms with E-state index in [-0.39, 0.29) is 11.9 Å². The van der Waals surface area contributed by atoms with Gasteiger partial charge in [-0.3, -0.25) is 9.69 Å². The second-order valence-corrected chi connectivity index (χ2v) is 9.53. The second kappa shape index (κ2) is 9.33. The van der Waals surface area contributed by atoms with Crippen LogP contribution in [0.2, 0.25) is 0 Å². The smallest absolute Gasteiger partial charge is 0.267 e. The maximum Gasteiger partial charge on any atom is 0.267 e. The average molecular weight is 441 g/mol. The van der Waals surface area contributed by atoms with Crippen molar-refractivity contribution in [1.29, 1.82) is 0 Å². The Morgan fingerprint density at radius 2 is 1.72 bits per heavy atom. The van der Waals surface area contributed by atoms with Gasteiger partial charge in [-0.05, 0) is 65.1 Å². The van der Waals surface area contributed by atoms with Crippen LogP contribution in [0.25, 0.3) is 16.8 Å². The van der Waals surface area contributed by atoms with E-state index in [1.807, 2.05) is 11.0 Å². The highest BCUT2D eigenvalue weighted by molar-refractivity contribution is 8.18. The van der Waals surface area contributed by atoms with Crippen molar-refractivity contribution in [1.82, 2.24) is 4.90 Å². The van der Waals surface area contributed by atoms with Crippen LogP contribution >= 0.6 is 11.8 Å². The van der Waals surface area contributed by atoms with Gasteiger partial charge in [0.05, 0.1) is 10.6 Å². The third-order valence-corrected chi connectivity index (χ3v) is 7.46. The number of amides is 1.